The van der Waals surface area contributed by atoms with Crippen LogP contribution in [-0.2, 0) is 6.54 Å². The van der Waals surface area contributed by atoms with E-state index in [1.807, 2.05) is 50.4 Å². The third kappa shape index (κ3) is 4.73. The molecule has 0 aliphatic carbocycles. The summed E-state index contributed by atoms with van der Waals surface area (Å²) in [5.74, 6) is 0.356. The van der Waals surface area contributed by atoms with E-state index in [1.54, 1.807) is 42.9 Å². The van der Waals surface area contributed by atoms with Gasteiger partial charge in [-0.15, -0.1) is 0 Å². The number of nitrogens with one attached hydrogen (secondary N) is 2. The lowest BCUT2D eigenvalue weighted by Crippen LogP contribution is -2.19. The van der Waals surface area contributed by atoms with Crippen molar-refractivity contribution in [2.75, 3.05) is 10.6 Å². The Morgan fingerprint density at radius 3 is 2.31 bits per heavy atom. The van der Waals surface area contributed by atoms with Gasteiger partial charge in [-0.3, -0.25) is 14.6 Å². The maximum absolute atomic E-state index is 13.0. The van der Waals surface area contributed by atoms with Crippen LogP contribution < -0.4 is 10.6 Å². The van der Waals surface area contributed by atoms with Gasteiger partial charge in [0, 0.05) is 42.6 Å². The number of para-hydroxylation sites is 1. The second kappa shape index (κ2) is 9.26. The van der Waals surface area contributed by atoms with Crippen LogP contribution in [-0.4, -0.2) is 26.3 Å². The first kappa shape index (κ1) is 21.0. The molecule has 4 aromatic rings. The van der Waals surface area contributed by atoms with Crippen molar-refractivity contribution in [1.82, 2.24) is 14.5 Å². The van der Waals surface area contributed by atoms with Crippen molar-refractivity contribution in [3.8, 4) is 0 Å². The zero-order chi connectivity index (χ0) is 22.5. The van der Waals surface area contributed by atoms with Gasteiger partial charge in [-0.25, -0.2) is 4.98 Å². The number of pyridine rings is 1. The summed E-state index contributed by atoms with van der Waals surface area (Å²) in [6.45, 7) is 4.52. The second-order valence-electron chi connectivity index (χ2n) is 7.44. The Labute approximate surface area is 186 Å². The van der Waals surface area contributed by atoms with E-state index in [2.05, 4.69) is 25.2 Å². The summed E-state index contributed by atoms with van der Waals surface area (Å²) in [6, 6.07) is 16.3. The SMILES string of the molecule is Cc1cccc(C(=O)Nc2ccc(Cn3ccnc3C)cc2)c1NC(=O)c1ccncc1. The summed E-state index contributed by atoms with van der Waals surface area (Å²) >= 11 is 0. The van der Waals surface area contributed by atoms with Gasteiger partial charge in [0.25, 0.3) is 11.8 Å². The lowest BCUT2D eigenvalue weighted by molar-refractivity contribution is 0.102. The highest BCUT2D eigenvalue weighted by Gasteiger charge is 2.16. The van der Waals surface area contributed by atoms with E-state index in [9.17, 15) is 9.59 Å². The van der Waals surface area contributed by atoms with E-state index >= 15 is 0 Å². The van der Waals surface area contributed by atoms with Crippen LogP contribution in [0.15, 0.2) is 79.4 Å². The average molecular weight is 425 g/mol. The molecule has 2 heterocycles. The molecule has 0 fully saturated rings. The number of hydrogen-bond donors (Lipinski definition) is 2. The van der Waals surface area contributed by atoms with E-state index in [1.165, 1.54) is 0 Å². The Hall–Kier alpha value is -4.26. The molecular weight excluding hydrogens is 402 g/mol. The number of nitrogens with zero attached hydrogens (tertiary/aromatic N) is 3. The Morgan fingerprint density at radius 1 is 0.875 bits per heavy atom. The van der Waals surface area contributed by atoms with Crippen molar-refractivity contribution >= 4 is 23.2 Å². The maximum atomic E-state index is 13.0. The second-order valence-corrected chi connectivity index (χ2v) is 7.44. The van der Waals surface area contributed by atoms with Gasteiger partial charge in [-0.1, -0.05) is 24.3 Å². The molecule has 32 heavy (non-hydrogen) atoms. The minimum Gasteiger partial charge on any atom is -0.331 e. The number of imidazole rings is 1. The highest BCUT2D eigenvalue weighted by Crippen LogP contribution is 2.23. The molecule has 0 unspecified atom stereocenters. The van der Waals surface area contributed by atoms with E-state index in [0.29, 0.717) is 29.0 Å². The number of rotatable bonds is 6. The van der Waals surface area contributed by atoms with E-state index in [0.717, 1.165) is 17.0 Å². The number of amides is 2. The fourth-order valence-corrected chi connectivity index (χ4v) is 3.37. The molecule has 2 aromatic heterocycles. The Kier molecular flexibility index (Phi) is 6.07. The molecule has 2 N–H and O–H groups in total. The molecule has 4 rings (SSSR count). The van der Waals surface area contributed by atoms with Crippen molar-refractivity contribution in [3.63, 3.8) is 0 Å². The lowest BCUT2D eigenvalue weighted by Gasteiger charge is -2.14. The number of benzene rings is 2. The van der Waals surface area contributed by atoms with Gasteiger partial charge in [-0.05, 0) is 55.3 Å². The Morgan fingerprint density at radius 2 is 1.62 bits per heavy atom. The highest BCUT2D eigenvalue weighted by molar-refractivity contribution is 6.13. The number of anilines is 2. The first-order valence-corrected chi connectivity index (χ1v) is 10.2. The van der Waals surface area contributed by atoms with Crippen LogP contribution in [0.3, 0.4) is 0 Å². The number of aromatic nitrogens is 3. The maximum Gasteiger partial charge on any atom is 0.257 e. The first-order chi connectivity index (χ1) is 15.5. The summed E-state index contributed by atoms with van der Waals surface area (Å²) in [4.78, 5) is 33.8. The summed E-state index contributed by atoms with van der Waals surface area (Å²) in [5, 5.41) is 5.78. The topological polar surface area (TPSA) is 88.9 Å². The molecule has 7 heteroatoms. The van der Waals surface area contributed by atoms with E-state index in [-0.39, 0.29) is 11.8 Å². The van der Waals surface area contributed by atoms with E-state index < -0.39 is 0 Å². The van der Waals surface area contributed by atoms with Crippen molar-refractivity contribution in [2.24, 2.45) is 0 Å². The van der Waals surface area contributed by atoms with Crippen molar-refractivity contribution in [3.05, 3.63) is 107 Å². The summed E-state index contributed by atoms with van der Waals surface area (Å²) in [7, 11) is 0. The van der Waals surface area contributed by atoms with Crippen LogP contribution in [0.5, 0.6) is 0 Å². The lowest BCUT2D eigenvalue weighted by atomic mass is 10.1. The first-order valence-electron chi connectivity index (χ1n) is 10.2. The van der Waals surface area contributed by atoms with E-state index in [4.69, 9.17) is 0 Å². The van der Waals surface area contributed by atoms with Crippen LogP contribution in [0.4, 0.5) is 11.4 Å². The van der Waals surface area contributed by atoms with Crippen molar-refractivity contribution in [1.29, 1.82) is 0 Å². The van der Waals surface area contributed by atoms with Crippen LogP contribution in [0, 0.1) is 13.8 Å². The van der Waals surface area contributed by atoms with Gasteiger partial charge in [-0.2, -0.15) is 0 Å². The molecule has 0 saturated heterocycles. The Balaban J connectivity index is 1.49. The van der Waals surface area contributed by atoms with Crippen molar-refractivity contribution in [2.45, 2.75) is 20.4 Å². The third-order valence-corrected chi connectivity index (χ3v) is 5.19. The monoisotopic (exact) mass is 425 g/mol. The summed E-state index contributed by atoms with van der Waals surface area (Å²) in [6.07, 6.45) is 6.82. The molecular formula is C25H23N5O2. The summed E-state index contributed by atoms with van der Waals surface area (Å²) in [5.41, 5.74) is 3.92. The van der Waals surface area contributed by atoms with Crippen LogP contribution in [0.25, 0.3) is 0 Å². The predicted octanol–water partition coefficient (Wildman–Crippen LogP) is 4.45. The van der Waals surface area contributed by atoms with Crippen molar-refractivity contribution < 1.29 is 9.59 Å². The molecule has 0 saturated carbocycles. The molecule has 2 amide bonds. The molecule has 0 bridgehead atoms. The fourth-order valence-electron chi connectivity index (χ4n) is 3.37. The van der Waals surface area contributed by atoms with Crippen LogP contribution >= 0.6 is 0 Å². The fraction of sp³-hybridized carbons (Fsp3) is 0.120. The summed E-state index contributed by atoms with van der Waals surface area (Å²) < 4.78 is 2.05. The molecule has 2 aromatic carbocycles. The quantitative estimate of drug-likeness (QED) is 0.478. The van der Waals surface area contributed by atoms with Gasteiger partial charge in [0.15, 0.2) is 0 Å². The van der Waals surface area contributed by atoms with Gasteiger partial charge in [0.2, 0.25) is 0 Å². The van der Waals surface area contributed by atoms with Gasteiger partial charge >= 0.3 is 0 Å². The number of hydrogen-bond acceptors (Lipinski definition) is 4. The van der Waals surface area contributed by atoms with Gasteiger partial charge in [0.1, 0.15) is 5.82 Å². The molecule has 0 radical (unpaired) electrons. The number of carbonyl (C=O) groups is 2. The largest absolute Gasteiger partial charge is 0.331 e. The van der Waals surface area contributed by atoms with Gasteiger partial charge < -0.3 is 15.2 Å². The standard InChI is InChI=1S/C25H23N5O2/c1-17-4-3-5-22(23(17)29-24(31)20-10-12-26-13-11-20)25(32)28-21-8-6-19(7-9-21)16-30-15-14-27-18(30)2/h3-15H,16H2,1-2H3,(H,28,32)(H,29,31). The number of aryl methyl sites for hydroxylation is 2. The highest BCUT2D eigenvalue weighted by atomic mass is 16.2. The smallest absolute Gasteiger partial charge is 0.257 e. The van der Waals surface area contributed by atoms with Gasteiger partial charge in [0.05, 0.1) is 11.3 Å². The molecule has 7 nitrogen and oxygen atoms in total. The minimum absolute atomic E-state index is 0.295. The molecule has 0 atom stereocenters. The predicted molar refractivity (Wildman–Crippen MR) is 124 cm³/mol. The van der Waals surface area contributed by atoms with Crippen LogP contribution in [0.2, 0.25) is 0 Å². The van der Waals surface area contributed by atoms with Crippen LogP contribution in [0.1, 0.15) is 37.7 Å². The molecule has 0 aliphatic heterocycles. The third-order valence-electron chi connectivity index (χ3n) is 5.19. The normalized spacial score (nSPS) is 10.6. The molecule has 0 spiro atoms. The molecule has 160 valence electrons. The zero-order valence-electron chi connectivity index (χ0n) is 17.9. The zero-order valence-corrected chi connectivity index (χ0v) is 17.9. The average Bonchev–Trinajstić information content (AvgIpc) is 3.21. The Bertz CT molecular complexity index is 1250. The minimum atomic E-state index is -0.296. The molecule has 0 aliphatic rings. The number of carbonyl (C=O) groups excluding carboxylic acids is 2.